The molecule has 98 valence electrons. The molecular formula is C14H14N2OS2. The van der Waals surface area contributed by atoms with E-state index >= 15 is 0 Å². The molecule has 0 unspecified atom stereocenters. The zero-order chi connectivity index (χ0) is 13.2. The number of fused-ring (bicyclic) bond motifs is 1. The zero-order valence-electron chi connectivity index (χ0n) is 10.6. The molecule has 1 aliphatic carbocycles. The summed E-state index contributed by atoms with van der Waals surface area (Å²) in [6.07, 6.45) is 3.44. The van der Waals surface area contributed by atoms with Crippen LogP contribution < -0.4 is 5.43 Å². The van der Waals surface area contributed by atoms with Crippen LogP contribution in [0.5, 0.6) is 0 Å². The fraction of sp³-hybridized carbons (Fsp3) is 0.286. The number of thiophene rings is 2. The second-order valence-corrected chi connectivity index (χ2v) is 6.61. The summed E-state index contributed by atoms with van der Waals surface area (Å²) in [4.78, 5) is 15.2. The number of hydrogen-bond donors (Lipinski definition) is 1. The van der Waals surface area contributed by atoms with Crippen molar-refractivity contribution in [1.29, 1.82) is 0 Å². The highest BCUT2D eigenvalue weighted by atomic mass is 32.1. The van der Waals surface area contributed by atoms with Gasteiger partial charge in [0.15, 0.2) is 0 Å². The van der Waals surface area contributed by atoms with E-state index in [1.165, 1.54) is 16.9 Å². The molecule has 0 saturated heterocycles. The molecule has 2 aromatic rings. The highest BCUT2D eigenvalue weighted by Crippen LogP contribution is 2.30. The van der Waals surface area contributed by atoms with Gasteiger partial charge in [0.25, 0.3) is 5.91 Å². The minimum atomic E-state index is -0.102. The van der Waals surface area contributed by atoms with Gasteiger partial charge in [0.05, 0.1) is 10.6 Å². The number of amides is 1. The third-order valence-electron chi connectivity index (χ3n) is 3.17. The van der Waals surface area contributed by atoms with Crippen LogP contribution in [0.15, 0.2) is 28.7 Å². The van der Waals surface area contributed by atoms with Crippen LogP contribution in [-0.4, -0.2) is 11.6 Å². The van der Waals surface area contributed by atoms with Gasteiger partial charge in [0.1, 0.15) is 0 Å². The SMILES string of the molecule is C/C(=N/NC(=O)c1cc2c(s1)CCC2)c1cccs1. The van der Waals surface area contributed by atoms with Gasteiger partial charge in [-0.1, -0.05) is 6.07 Å². The van der Waals surface area contributed by atoms with Gasteiger partial charge < -0.3 is 0 Å². The van der Waals surface area contributed by atoms with Gasteiger partial charge in [0, 0.05) is 9.75 Å². The summed E-state index contributed by atoms with van der Waals surface area (Å²) in [5.41, 5.74) is 4.82. The van der Waals surface area contributed by atoms with Crippen LogP contribution in [0, 0.1) is 0 Å². The predicted molar refractivity (Wildman–Crippen MR) is 80.3 cm³/mol. The zero-order valence-corrected chi connectivity index (χ0v) is 12.2. The van der Waals surface area contributed by atoms with E-state index < -0.39 is 0 Å². The summed E-state index contributed by atoms with van der Waals surface area (Å²) in [5.74, 6) is -0.102. The number of nitrogens with zero attached hydrogens (tertiary/aromatic N) is 1. The van der Waals surface area contributed by atoms with Crippen molar-refractivity contribution in [2.24, 2.45) is 5.10 Å². The van der Waals surface area contributed by atoms with E-state index in [0.717, 1.165) is 28.3 Å². The summed E-state index contributed by atoms with van der Waals surface area (Å²) in [6, 6.07) is 5.98. The maximum Gasteiger partial charge on any atom is 0.281 e. The molecule has 2 heterocycles. The summed E-state index contributed by atoms with van der Waals surface area (Å²) in [7, 11) is 0. The van der Waals surface area contributed by atoms with Gasteiger partial charge in [0.2, 0.25) is 0 Å². The first-order valence-corrected chi connectivity index (χ1v) is 7.94. The average Bonchev–Trinajstić information content (AvgIpc) is 3.09. The molecule has 3 nitrogen and oxygen atoms in total. The summed E-state index contributed by atoms with van der Waals surface area (Å²) in [6.45, 7) is 1.90. The molecule has 1 amide bonds. The maximum atomic E-state index is 12.0. The fourth-order valence-electron chi connectivity index (χ4n) is 2.17. The summed E-state index contributed by atoms with van der Waals surface area (Å²) < 4.78 is 0. The van der Waals surface area contributed by atoms with E-state index in [4.69, 9.17) is 0 Å². The molecule has 0 saturated carbocycles. The first kappa shape index (κ1) is 12.6. The second-order valence-electron chi connectivity index (χ2n) is 4.53. The Bertz CT molecular complexity index is 604. The van der Waals surface area contributed by atoms with Gasteiger partial charge >= 0.3 is 0 Å². The topological polar surface area (TPSA) is 41.5 Å². The number of carbonyl (C=O) groups is 1. The quantitative estimate of drug-likeness (QED) is 0.682. The number of nitrogens with one attached hydrogen (secondary N) is 1. The van der Waals surface area contributed by atoms with Gasteiger partial charge in [-0.15, -0.1) is 22.7 Å². The molecule has 1 aliphatic rings. The Kier molecular flexibility index (Phi) is 3.48. The van der Waals surface area contributed by atoms with Gasteiger partial charge in [-0.05, 0) is 49.3 Å². The van der Waals surface area contributed by atoms with Crippen molar-refractivity contribution in [3.8, 4) is 0 Å². The van der Waals surface area contributed by atoms with E-state index in [1.54, 1.807) is 22.7 Å². The van der Waals surface area contributed by atoms with E-state index in [-0.39, 0.29) is 5.91 Å². The van der Waals surface area contributed by atoms with E-state index in [0.29, 0.717) is 0 Å². The third kappa shape index (κ3) is 2.62. The largest absolute Gasteiger partial charge is 0.281 e. The van der Waals surface area contributed by atoms with Crippen molar-refractivity contribution in [1.82, 2.24) is 5.43 Å². The molecule has 19 heavy (non-hydrogen) atoms. The molecule has 3 rings (SSSR count). The van der Waals surface area contributed by atoms with Crippen molar-refractivity contribution in [3.05, 3.63) is 43.8 Å². The summed E-state index contributed by atoms with van der Waals surface area (Å²) >= 11 is 3.22. The van der Waals surface area contributed by atoms with Crippen LogP contribution in [0.2, 0.25) is 0 Å². The molecular weight excluding hydrogens is 276 g/mol. The molecule has 5 heteroatoms. The van der Waals surface area contributed by atoms with Crippen LogP contribution in [0.3, 0.4) is 0 Å². The number of carbonyl (C=O) groups excluding carboxylic acids is 1. The first-order chi connectivity index (χ1) is 9.24. The Hall–Kier alpha value is -1.46. The monoisotopic (exact) mass is 290 g/mol. The Balaban J connectivity index is 1.69. The number of aryl methyl sites for hydroxylation is 2. The maximum absolute atomic E-state index is 12.0. The highest BCUT2D eigenvalue weighted by Gasteiger charge is 2.18. The second kappa shape index (κ2) is 5.27. The lowest BCUT2D eigenvalue weighted by Crippen LogP contribution is -2.18. The van der Waals surface area contributed by atoms with E-state index in [2.05, 4.69) is 10.5 Å². The molecule has 0 radical (unpaired) electrons. The molecule has 0 fully saturated rings. The van der Waals surface area contributed by atoms with Crippen LogP contribution in [-0.2, 0) is 12.8 Å². The molecule has 0 atom stereocenters. The number of rotatable bonds is 3. The lowest BCUT2D eigenvalue weighted by Gasteiger charge is -1.99. The van der Waals surface area contributed by atoms with Crippen LogP contribution in [0.1, 0.15) is 38.3 Å². The smallest absolute Gasteiger partial charge is 0.266 e. The highest BCUT2D eigenvalue weighted by molar-refractivity contribution is 7.14. The lowest BCUT2D eigenvalue weighted by atomic mass is 10.2. The minimum absolute atomic E-state index is 0.102. The Morgan fingerprint density at radius 1 is 1.37 bits per heavy atom. The van der Waals surface area contributed by atoms with Crippen molar-refractivity contribution < 1.29 is 4.79 Å². The predicted octanol–water partition coefficient (Wildman–Crippen LogP) is 3.45. The lowest BCUT2D eigenvalue weighted by molar-refractivity contribution is 0.0959. The van der Waals surface area contributed by atoms with E-state index in [1.807, 2.05) is 30.5 Å². The molecule has 0 spiro atoms. The standard InChI is InChI=1S/C14H14N2OS2/c1-9(11-6-3-7-18-11)15-16-14(17)13-8-10-4-2-5-12(10)19-13/h3,6-8H,2,4-5H2,1H3,(H,16,17)/b15-9-. The van der Waals surface area contributed by atoms with Gasteiger partial charge in [-0.25, -0.2) is 5.43 Å². The third-order valence-corrected chi connectivity index (χ3v) is 5.39. The van der Waals surface area contributed by atoms with Crippen LogP contribution in [0.25, 0.3) is 0 Å². The summed E-state index contributed by atoms with van der Waals surface area (Å²) in [5, 5.41) is 6.16. The fourth-order valence-corrected chi connectivity index (χ4v) is 3.99. The van der Waals surface area contributed by atoms with E-state index in [9.17, 15) is 4.79 Å². The van der Waals surface area contributed by atoms with Crippen molar-refractivity contribution in [2.45, 2.75) is 26.2 Å². The number of hydrazone groups is 1. The van der Waals surface area contributed by atoms with Gasteiger partial charge in [-0.3, -0.25) is 4.79 Å². The van der Waals surface area contributed by atoms with Gasteiger partial charge in [-0.2, -0.15) is 5.10 Å². The van der Waals surface area contributed by atoms with Crippen molar-refractivity contribution >= 4 is 34.3 Å². The molecule has 0 aromatic carbocycles. The first-order valence-electron chi connectivity index (χ1n) is 6.24. The molecule has 2 aromatic heterocycles. The Morgan fingerprint density at radius 3 is 3.00 bits per heavy atom. The van der Waals surface area contributed by atoms with Crippen molar-refractivity contribution in [3.63, 3.8) is 0 Å². The Morgan fingerprint density at radius 2 is 2.26 bits per heavy atom. The Labute approximate surface area is 120 Å². The normalized spacial score (nSPS) is 14.5. The van der Waals surface area contributed by atoms with Crippen molar-refractivity contribution in [2.75, 3.05) is 0 Å². The molecule has 0 bridgehead atoms. The minimum Gasteiger partial charge on any atom is -0.266 e. The van der Waals surface area contributed by atoms with Crippen LogP contribution >= 0.6 is 22.7 Å². The molecule has 1 N–H and O–H groups in total. The average molecular weight is 290 g/mol. The van der Waals surface area contributed by atoms with Crippen LogP contribution in [0.4, 0.5) is 0 Å². The molecule has 0 aliphatic heterocycles. The number of hydrogen-bond acceptors (Lipinski definition) is 4.